The van der Waals surface area contributed by atoms with Gasteiger partial charge in [0.15, 0.2) is 11.6 Å². The van der Waals surface area contributed by atoms with Gasteiger partial charge in [0.05, 0.1) is 13.0 Å². The number of rotatable bonds is 3. The van der Waals surface area contributed by atoms with Crippen LogP contribution in [0.15, 0.2) is 40.9 Å². The van der Waals surface area contributed by atoms with E-state index in [0.29, 0.717) is 24.5 Å². The highest BCUT2D eigenvalue weighted by atomic mass is 19.2. The number of hydrogen-bond acceptors (Lipinski definition) is 5. The number of aromatic nitrogens is 2. The van der Waals surface area contributed by atoms with Gasteiger partial charge in [-0.1, -0.05) is 5.16 Å². The Kier molecular flexibility index (Phi) is 3.83. The van der Waals surface area contributed by atoms with Crippen LogP contribution in [0.1, 0.15) is 17.4 Å². The molecule has 1 aliphatic rings. The lowest BCUT2D eigenvalue weighted by Crippen LogP contribution is -2.19. The van der Waals surface area contributed by atoms with Gasteiger partial charge in [0.2, 0.25) is 11.7 Å². The maximum Gasteiger partial charge on any atom is 0.233 e. The van der Waals surface area contributed by atoms with Gasteiger partial charge in [-0.25, -0.2) is 8.78 Å². The first-order valence-electron chi connectivity index (χ1n) is 7.73. The zero-order valence-corrected chi connectivity index (χ0v) is 13.3. The third-order valence-corrected chi connectivity index (χ3v) is 4.14. The molecule has 0 aliphatic carbocycles. The van der Waals surface area contributed by atoms with Crippen molar-refractivity contribution in [2.75, 3.05) is 13.7 Å². The second-order valence-corrected chi connectivity index (χ2v) is 5.77. The van der Waals surface area contributed by atoms with E-state index in [1.165, 1.54) is 6.07 Å². The molecule has 1 unspecified atom stereocenters. The fourth-order valence-electron chi connectivity index (χ4n) is 2.81. The Morgan fingerprint density at radius 1 is 1.12 bits per heavy atom. The Hall–Kier alpha value is -2.96. The van der Waals surface area contributed by atoms with Gasteiger partial charge in [-0.3, -0.25) is 0 Å². The van der Waals surface area contributed by atoms with Crippen LogP contribution in [0.4, 0.5) is 8.78 Å². The predicted octanol–water partition coefficient (Wildman–Crippen LogP) is 3.74. The Morgan fingerprint density at radius 2 is 2.00 bits per heavy atom. The van der Waals surface area contributed by atoms with E-state index in [4.69, 9.17) is 14.0 Å². The fraction of sp³-hybridized carbons (Fsp3) is 0.222. The molecule has 5 nitrogen and oxygen atoms in total. The second kappa shape index (κ2) is 6.16. The maximum absolute atomic E-state index is 13.4. The Bertz CT molecular complexity index is 926. The van der Waals surface area contributed by atoms with E-state index in [1.807, 2.05) is 18.2 Å². The van der Waals surface area contributed by atoms with E-state index < -0.39 is 11.6 Å². The third-order valence-electron chi connectivity index (χ3n) is 4.14. The van der Waals surface area contributed by atoms with Crippen LogP contribution >= 0.6 is 0 Å². The first kappa shape index (κ1) is 15.6. The molecule has 2 aromatic carbocycles. The number of ether oxygens (including phenoxy) is 2. The lowest BCUT2D eigenvalue weighted by molar-refractivity contribution is 0.230. The molecule has 0 fully saturated rings. The molecule has 1 aliphatic heterocycles. The largest absolute Gasteiger partial charge is 0.497 e. The van der Waals surface area contributed by atoms with E-state index >= 15 is 0 Å². The average Bonchev–Trinajstić information content (AvgIpc) is 3.13. The van der Waals surface area contributed by atoms with E-state index in [1.54, 1.807) is 7.11 Å². The van der Waals surface area contributed by atoms with E-state index in [9.17, 15) is 8.78 Å². The molecule has 2 heterocycles. The average molecular weight is 344 g/mol. The van der Waals surface area contributed by atoms with Crippen molar-refractivity contribution in [2.24, 2.45) is 0 Å². The number of methoxy groups -OCH3 is 1. The quantitative estimate of drug-likeness (QED) is 0.724. The third kappa shape index (κ3) is 2.93. The molecule has 0 spiro atoms. The molecule has 0 bridgehead atoms. The van der Waals surface area contributed by atoms with Crippen molar-refractivity contribution >= 4 is 0 Å². The van der Waals surface area contributed by atoms with Crippen LogP contribution in [0.25, 0.3) is 11.4 Å². The van der Waals surface area contributed by atoms with E-state index in [-0.39, 0.29) is 11.7 Å². The van der Waals surface area contributed by atoms with Crippen LogP contribution in [0.3, 0.4) is 0 Å². The van der Waals surface area contributed by atoms with Crippen molar-refractivity contribution < 1.29 is 22.8 Å². The van der Waals surface area contributed by atoms with Crippen molar-refractivity contribution in [3.63, 3.8) is 0 Å². The van der Waals surface area contributed by atoms with Crippen molar-refractivity contribution in [3.8, 4) is 22.9 Å². The highest BCUT2D eigenvalue weighted by molar-refractivity contribution is 5.54. The molecule has 0 radical (unpaired) electrons. The molecule has 3 aromatic rings. The van der Waals surface area contributed by atoms with Crippen molar-refractivity contribution in [2.45, 2.75) is 12.3 Å². The zero-order valence-electron chi connectivity index (χ0n) is 13.3. The molecule has 0 saturated heterocycles. The summed E-state index contributed by atoms with van der Waals surface area (Å²) in [7, 11) is 1.61. The lowest BCUT2D eigenvalue weighted by Gasteiger charge is -2.23. The van der Waals surface area contributed by atoms with Crippen LogP contribution in [-0.2, 0) is 6.42 Å². The molecule has 0 saturated carbocycles. The summed E-state index contributed by atoms with van der Waals surface area (Å²) in [6, 6.07) is 9.10. The van der Waals surface area contributed by atoms with E-state index in [0.717, 1.165) is 29.2 Å². The standard InChI is InChI=1S/C18H14F2N2O3/c1-23-13-3-5-16-11(7-13)6-12(9-24-16)18-21-17(22-25-18)10-2-4-14(19)15(20)8-10/h2-5,7-8,12H,6,9H2,1H3. The lowest BCUT2D eigenvalue weighted by atomic mass is 9.96. The molecule has 25 heavy (non-hydrogen) atoms. The molecule has 0 amide bonds. The summed E-state index contributed by atoms with van der Waals surface area (Å²) < 4.78 is 42.7. The summed E-state index contributed by atoms with van der Waals surface area (Å²) >= 11 is 0. The van der Waals surface area contributed by atoms with E-state index in [2.05, 4.69) is 10.1 Å². The summed E-state index contributed by atoms with van der Waals surface area (Å²) in [5.41, 5.74) is 1.34. The van der Waals surface area contributed by atoms with Gasteiger partial charge in [-0.05, 0) is 48.4 Å². The van der Waals surface area contributed by atoms with Gasteiger partial charge in [0, 0.05) is 5.56 Å². The van der Waals surface area contributed by atoms with Crippen molar-refractivity contribution in [3.05, 3.63) is 59.5 Å². The Balaban J connectivity index is 1.59. The SMILES string of the molecule is COc1ccc2c(c1)CC(c1nc(-c3ccc(F)c(F)c3)no1)CO2. The topological polar surface area (TPSA) is 57.4 Å². The van der Waals surface area contributed by atoms with Gasteiger partial charge < -0.3 is 14.0 Å². The van der Waals surface area contributed by atoms with Gasteiger partial charge in [-0.2, -0.15) is 4.98 Å². The highest BCUT2D eigenvalue weighted by Gasteiger charge is 2.27. The van der Waals surface area contributed by atoms with Crippen LogP contribution in [-0.4, -0.2) is 23.9 Å². The maximum atomic E-state index is 13.4. The fourth-order valence-corrected chi connectivity index (χ4v) is 2.81. The summed E-state index contributed by atoms with van der Waals surface area (Å²) in [6.45, 7) is 0.402. The predicted molar refractivity (Wildman–Crippen MR) is 84.6 cm³/mol. The zero-order chi connectivity index (χ0) is 17.4. The summed E-state index contributed by atoms with van der Waals surface area (Å²) in [5, 5.41) is 3.87. The minimum Gasteiger partial charge on any atom is -0.497 e. The smallest absolute Gasteiger partial charge is 0.233 e. The van der Waals surface area contributed by atoms with Gasteiger partial charge in [-0.15, -0.1) is 0 Å². The number of fused-ring (bicyclic) bond motifs is 1. The molecular formula is C18H14F2N2O3. The minimum atomic E-state index is -0.953. The molecule has 1 atom stereocenters. The number of benzene rings is 2. The number of halogens is 2. The van der Waals surface area contributed by atoms with Crippen LogP contribution in [0, 0.1) is 11.6 Å². The molecule has 128 valence electrons. The monoisotopic (exact) mass is 344 g/mol. The van der Waals surface area contributed by atoms with Crippen LogP contribution in [0.5, 0.6) is 11.5 Å². The summed E-state index contributed by atoms with van der Waals surface area (Å²) in [6.07, 6.45) is 0.659. The number of hydrogen-bond donors (Lipinski definition) is 0. The summed E-state index contributed by atoms with van der Waals surface area (Å²) in [4.78, 5) is 4.31. The summed E-state index contributed by atoms with van der Waals surface area (Å²) in [5.74, 6) is 0.169. The first-order valence-corrected chi connectivity index (χ1v) is 7.73. The molecule has 0 N–H and O–H groups in total. The van der Waals surface area contributed by atoms with Crippen LogP contribution < -0.4 is 9.47 Å². The molecular weight excluding hydrogens is 330 g/mol. The second-order valence-electron chi connectivity index (χ2n) is 5.77. The minimum absolute atomic E-state index is 0.119. The number of nitrogens with zero attached hydrogens (tertiary/aromatic N) is 2. The van der Waals surface area contributed by atoms with Gasteiger partial charge in [0.25, 0.3) is 0 Å². The van der Waals surface area contributed by atoms with Crippen molar-refractivity contribution in [1.29, 1.82) is 0 Å². The highest BCUT2D eigenvalue weighted by Crippen LogP contribution is 2.34. The first-order chi connectivity index (χ1) is 12.1. The normalized spacial score (nSPS) is 16.2. The molecule has 4 rings (SSSR count). The van der Waals surface area contributed by atoms with Gasteiger partial charge in [0.1, 0.15) is 18.1 Å². The van der Waals surface area contributed by atoms with Gasteiger partial charge >= 0.3 is 0 Å². The van der Waals surface area contributed by atoms with Crippen molar-refractivity contribution in [1.82, 2.24) is 10.1 Å². The Labute approximate surface area is 142 Å². The molecule has 1 aromatic heterocycles. The van der Waals surface area contributed by atoms with Crippen LogP contribution in [0.2, 0.25) is 0 Å². The molecule has 7 heteroatoms. The Morgan fingerprint density at radius 3 is 2.80 bits per heavy atom.